The van der Waals surface area contributed by atoms with Crippen molar-refractivity contribution in [3.05, 3.63) is 51.1 Å². The molecule has 0 saturated carbocycles. The van der Waals surface area contributed by atoms with E-state index in [1.54, 1.807) is 0 Å². The number of hydrogen-bond donors (Lipinski definition) is 1. The number of nitrogens with one attached hydrogen (secondary N) is 1. The number of amides is 3. The zero-order valence-electron chi connectivity index (χ0n) is 17.4. The van der Waals surface area contributed by atoms with Crippen molar-refractivity contribution < 1.29 is 14.4 Å². The Balaban J connectivity index is 1.52. The molecule has 0 unspecified atom stereocenters. The predicted octanol–water partition coefficient (Wildman–Crippen LogP) is 2.97. The van der Waals surface area contributed by atoms with Crippen LogP contribution in [0.2, 0.25) is 0 Å². The molecule has 1 saturated heterocycles. The lowest BCUT2D eigenvalue weighted by molar-refractivity contribution is -0.125. The lowest BCUT2D eigenvalue weighted by atomic mass is 10.2. The highest BCUT2D eigenvalue weighted by atomic mass is 32.2. The van der Waals surface area contributed by atoms with Crippen LogP contribution >= 0.6 is 34.9 Å². The van der Waals surface area contributed by atoms with Crippen molar-refractivity contribution in [3.8, 4) is 5.69 Å². The average Bonchev–Trinajstić information content (AvgIpc) is 3.25. The second-order valence-corrected chi connectivity index (χ2v) is 10.1. The molecule has 3 amide bonds. The maximum Gasteiger partial charge on any atom is 0.288 e. The topological polar surface area (TPSA) is 101 Å². The van der Waals surface area contributed by atoms with Gasteiger partial charge in [0.05, 0.1) is 22.6 Å². The summed E-state index contributed by atoms with van der Waals surface area (Å²) in [6, 6.07) is 9.22. The number of aryl methyl sites for hydroxylation is 2. The smallest absolute Gasteiger partial charge is 0.288 e. The molecule has 0 aliphatic carbocycles. The number of hydrogen-bond acceptors (Lipinski definition) is 8. The van der Waals surface area contributed by atoms with E-state index in [0.29, 0.717) is 21.1 Å². The minimum absolute atomic E-state index is 0.0464. The Hall–Kier alpha value is -2.63. The lowest BCUT2D eigenvalue weighted by Gasteiger charge is -2.14. The SMILES string of the molecule is Cc1sc2nc(SCC(=O)NCCN3C(=O)CSC3=O)n(-c3ccccc3)c(=O)c2c1C. The first-order valence-corrected chi connectivity index (χ1v) is 12.6. The molecule has 8 nitrogen and oxygen atoms in total. The second kappa shape index (κ2) is 9.47. The summed E-state index contributed by atoms with van der Waals surface area (Å²) in [6.07, 6.45) is 0. The van der Waals surface area contributed by atoms with E-state index in [0.717, 1.165) is 27.1 Å². The van der Waals surface area contributed by atoms with Gasteiger partial charge in [0, 0.05) is 18.0 Å². The molecule has 0 atom stereocenters. The molecule has 1 aliphatic heterocycles. The molecule has 166 valence electrons. The summed E-state index contributed by atoms with van der Waals surface area (Å²) in [5.41, 5.74) is 1.45. The number of aromatic nitrogens is 2. The van der Waals surface area contributed by atoms with Gasteiger partial charge in [0.1, 0.15) is 4.83 Å². The highest BCUT2D eigenvalue weighted by Crippen LogP contribution is 2.29. The molecule has 3 aromatic rings. The summed E-state index contributed by atoms with van der Waals surface area (Å²) in [5.74, 6) is -0.316. The molecule has 4 rings (SSSR count). The fraction of sp³-hybridized carbons (Fsp3) is 0.286. The Morgan fingerprint density at radius 3 is 2.62 bits per heavy atom. The van der Waals surface area contributed by atoms with Crippen LogP contribution in [-0.2, 0) is 9.59 Å². The molecule has 0 bridgehead atoms. The van der Waals surface area contributed by atoms with Gasteiger partial charge in [-0.1, -0.05) is 41.7 Å². The lowest BCUT2D eigenvalue weighted by Crippen LogP contribution is -2.38. The second-order valence-electron chi connectivity index (χ2n) is 7.07. The minimum Gasteiger partial charge on any atom is -0.354 e. The van der Waals surface area contributed by atoms with Crippen molar-refractivity contribution >= 4 is 62.1 Å². The maximum absolute atomic E-state index is 13.4. The molecule has 32 heavy (non-hydrogen) atoms. The first-order chi connectivity index (χ1) is 15.4. The number of benzene rings is 1. The number of fused-ring (bicyclic) bond motifs is 1. The number of carbonyl (C=O) groups excluding carboxylic acids is 3. The third-order valence-corrected chi connectivity index (χ3v) is 7.92. The average molecular weight is 489 g/mol. The highest BCUT2D eigenvalue weighted by Gasteiger charge is 2.29. The molecule has 1 aromatic carbocycles. The highest BCUT2D eigenvalue weighted by molar-refractivity contribution is 8.14. The zero-order chi connectivity index (χ0) is 22.8. The van der Waals surface area contributed by atoms with Crippen LogP contribution in [0.1, 0.15) is 10.4 Å². The van der Waals surface area contributed by atoms with Crippen LogP contribution < -0.4 is 10.9 Å². The van der Waals surface area contributed by atoms with Gasteiger partial charge < -0.3 is 5.32 Å². The number of thioether (sulfide) groups is 2. The van der Waals surface area contributed by atoms with Crippen LogP contribution in [0.3, 0.4) is 0 Å². The van der Waals surface area contributed by atoms with Gasteiger partial charge in [-0.05, 0) is 31.5 Å². The zero-order valence-corrected chi connectivity index (χ0v) is 19.9. The Morgan fingerprint density at radius 1 is 1.19 bits per heavy atom. The van der Waals surface area contributed by atoms with Crippen molar-refractivity contribution in [2.45, 2.75) is 19.0 Å². The number of rotatable bonds is 7. The fourth-order valence-corrected chi connectivity index (χ4v) is 5.93. The summed E-state index contributed by atoms with van der Waals surface area (Å²) < 4.78 is 1.54. The van der Waals surface area contributed by atoms with Gasteiger partial charge in [-0.3, -0.25) is 28.6 Å². The summed E-state index contributed by atoms with van der Waals surface area (Å²) >= 11 is 3.60. The number of para-hydroxylation sites is 1. The molecule has 1 fully saturated rings. The summed E-state index contributed by atoms with van der Waals surface area (Å²) in [5, 5.41) is 3.47. The Morgan fingerprint density at radius 2 is 1.94 bits per heavy atom. The number of imide groups is 1. The van der Waals surface area contributed by atoms with Crippen LogP contribution in [0.4, 0.5) is 4.79 Å². The third-order valence-electron chi connectivity index (χ3n) is 5.02. The standard InChI is InChI=1S/C21H20N4O4S3/c1-12-13(2)32-18-17(12)19(28)25(14-6-4-3-5-7-14)20(23-18)30-10-15(26)22-8-9-24-16(27)11-31-21(24)29/h3-7H,8-11H2,1-2H3,(H,22,26). The molecule has 0 radical (unpaired) electrons. The van der Waals surface area contributed by atoms with Gasteiger partial charge in [-0.2, -0.15) is 0 Å². The Kier molecular flexibility index (Phi) is 6.68. The monoisotopic (exact) mass is 488 g/mol. The Labute approximate surface area is 196 Å². The van der Waals surface area contributed by atoms with Crippen molar-refractivity contribution in [2.24, 2.45) is 0 Å². The van der Waals surface area contributed by atoms with Gasteiger partial charge in [0.25, 0.3) is 10.8 Å². The third kappa shape index (κ3) is 4.45. The number of carbonyl (C=O) groups is 3. The predicted molar refractivity (Wildman–Crippen MR) is 128 cm³/mol. The number of thiophene rings is 1. The Bertz CT molecular complexity index is 1250. The maximum atomic E-state index is 13.4. The normalized spacial score (nSPS) is 13.9. The van der Waals surface area contributed by atoms with Crippen LogP contribution in [0.25, 0.3) is 15.9 Å². The van der Waals surface area contributed by atoms with Crippen LogP contribution in [0.15, 0.2) is 40.3 Å². The van der Waals surface area contributed by atoms with Crippen molar-refractivity contribution in [1.29, 1.82) is 0 Å². The van der Waals surface area contributed by atoms with Crippen molar-refractivity contribution in [2.75, 3.05) is 24.6 Å². The van der Waals surface area contributed by atoms with Crippen LogP contribution in [-0.4, -0.2) is 56.1 Å². The molecule has 1 aliphatic rings. The molecule has 1 N–H and O–H groups in total. The van der Waals surface area contributed by atoms with E-state index in [-0.39, 0.29) is 47.2 Å². The van der Waals surface area contributed by atoms with E-state index in [1.807, 2.05) is 44.2 Å². The molecule has 2 aromatic heterocycles. The van der Waals surface area contributed by atoms with E-state index in [1.165, 1.54) is 27.7 Å². The molecular weight excluding hydrogens is 468 g/mol. The van der Waals surface area contributed by atoms with Gasteiger partial charge >= 0.3 is 0 Å². The van der Waals surface area contributed by atoms with Gasteiger partial charge in [0.2, 0.25) is 11.8 Å². The molecule has 3 heterocycles. The largest absolute Gasteiger partial charge is 0.354 e. The first kappa shape index (κ1) is 22.6. The summed E-state index contributed by atoms with van der Waals surface area (Å²) in [7, 11) is 0. The van der Waals surface area contributed by atoms with E-state index in [4.69, 9.17) is 4.98 Å². The quantitative estimate of drug-likeness (QED) is 0.403. The van der Waals surface area contributed by atoms with Crippen LogP contribution in [0, 0.1) is 13.8 Å². The van der Waals surface area contributed by atoms with Crippen molar-refractivity contribution in [3.63, 3.8) is 0 Å². The first-order valence-electron chi connectivity index (χ1n) is 9.81. The van der Waals surface area contributed by atoms with E-state index < -0.39 is 0 Å². The van der Waals surface area contributed by atoms with E-state index >= 15 is 0 Å². The molecule has 0 spiro atoms. The minimum atomic E-state index is -0.287. The molecular formula is C21H20N4O4S3. The fourth-order valence-electron chi connectivity index (χ4n) is 3.26. The van der Waals surface area contributed by atoms with E-state index in [2.05, 4.69) is 5.32 Å². The summed E-state index contributed by atoms with van der Waals surface area (Å²) in [4.78, 5) is 56.5. The van der Waals surface area contributed by atoms with Crippen LogP contribution in [0.5, 0.6) is 0 Å². The molecule has 11 heteroatoms. The van der Waals surface area contributed by atoms with E-state index in [9.17, 15) is 19.2 Å². The summed E-state index contributed by atoms with van der Waals surface area (Å²) in [6.45, 7) is 4.20. The van der Waals surface area contributed by atoms with Gasteiger partial charge in [0.15, 0.2) is 5.16 Å². The number of nitrogens with zero attached hydrogens (tertiary/aromatic N) is 3. The van der Waals surface area contributed by atoms with Gasteiger partial charge in [-0.15, -0.1) is 11.3 Å². The van der Waals surface area contributed by atoms with Gasteiger partial charge in [-0.25, -0.2) is 4.98 Å². The van der Waals surface area contributed by atoms with Crippen molar-refractivity contribution in [1.82, 2.24) is 19.8 Å².